The molecule has 4 N–H and O–H groups in total. The van der Waals surface area contributed by atoms with E-state index in [1.807, 2.05) is 4.72 Å². The second kappa shape index (κ2) is 4.67. The van der Waals surface area contributed by atoms with E-state index in [0.717, 1.165) is 0 Å². The largest absolute Gasteiger partial charge is 0.387 e. The zero-order valence-electron chi connectivity index (χ0n) is 7.72. The van der Waals surface area contributed by atoms with E-state index in [4.69, 9.17) is 0 Å². The van der Waals surface area contributed by atoms with Crippen molar-refractivity contribution in [2.24, 2.45) is 5.14 Å². The van der Waals surface area contributed by atoms with E-state index >= 15 is 0 Å². The third-order valence-electron chi connectivity index (χ3n) is 1.74. The van der Waals surface area contributed by atoms with Crippen molar-refractivity contribution in [2.75, 3.05) is 6.54 Å². The van der Waals surface area contributed by atoms with Crippen molar-refractivity contribution in [3.8, 4) is 0 Å². The van der Waals surface area contributed by atoms with Crippen molar-refractivity contribution in [1.82, 2.24) is 4.72 Å². The van der Waals surface area contributed by atoms with E-state index in [2.05, 4.69) is 5.14 Å². The summed E-state index contributed by atoms with van der Waals surface area (Å²) < 4.78 is 36.0. The first-order valence-electron chi connectivity index (χ1n) is 4.10. The van der Waals surface area contributed by atoms with Crippen LogP contribution in [0.2, 0.25) is 0 Å². The van der Waals surface area contributed by atoms with Gasteiger partial charge in [0.1, 0.15) is 5.82 Å². The van der Waals surface area contributed by atoms with Gasteiger partial charge in [-0.1, -0.05) is 18.2 Å². The molecule has 1 rings (SSSR count). The first-order valence-corrected chi connectivity index (χ1v) is 5.64. The van der Waals surface area contributed by atoms with Gasteiger partial charge < -0.3 is 5.11 Å². The van der Waals surface area contributed by atoms with E-state index in [1.165, 1.54) is 18.2 Å². The molecule has 5 nitrogen and oxygen atoms in total. The second-order valence-electron chi connectivity index (χ2n) is 2.93. The van der Waals surface area contributed by atoms with Crippen LogP contribution in [0.3, 0.4) is 0 Å². The minimum absolute atomic E-state index is 0.0219. The molecular formula is C8H11FN2O3S. The van der Waals surface area contributed by atoms with Crippen molar-refractivity contribution in [1.29, 1.82) is 0 Å². The molecule has 0 amide bonds. The van der Waals surface area contributed by atoms with Gasteiger partial charge in [0.2, 0.25) is 0 Å². The Morgan fingerprint density at radius 1 is 1.47 bits per heavy atom. The molecule has 1 aromatic rings. The highest BCUT2D eigenvalue weighted by Crippen LogP contribution is 2.15. The maximum Gasteiger partial charge on any atom is 0.274 e. The molecule has 0 saturated carbocycles. The minimum atomic E-state index is -3.87. The van der Waals surface area contributed by atoms with Gasteiger partial charge in [0.05, 0.1) is 6.10 Å². The number of aliphatic hydroxyl groups excluding tert-OH is 1. The second-order valence-corrected chi connectivity index (χ2v) is 4.31. The van der Waals surface area contributed by atoms with E-state index in [9.17, 15) is 17.9 Å². The number of aliphatic hydroxyl groups is 1. The fraction of sp³-hybridized carbons (Fsp3) is 0.250. The average Bonchev–Trinajstić information content (AvgIpc) is 2.14. The predicted molar refractivity (Wildman–Crippen MR) is 52.5 cm³/mol. The number of benzene rings is 1. The van der Waals surface area contributed by atoms with Crippen LogP contribution in [0.25, 0.3) is 0 Å². The molecule has 0 aliphatic carbocycles. The molecule has 0 spiro atoms. The van der Waals surface area contributed by atoms with Crippen LogP contribution in [0.15, 0.2) is 24.3 Å². The van der Waals surface area contributed by atoms with Gasteiger partial charge in [0.25, 0.3) is 10.2 Å². The van der Waals surface area contributed by atoms with Gasteiger partial charge >= 0.3 is 0 Å². The Labute approximate surface area is 86.9 Å². The maximum atomic E-state index is 13.1. The summed E-state index contributed by atoms with van der Waals surface area (Å²) in [7, 11) is -3.87. The van der Waals surface area contributed by atoms with Crippen molar-refractivity contribution in [3.05, 3.63) is 35.6 Å². The quantitative estimate of drug-likeness (QED) is 0.665. The molecule has 0 aromatic heterocycles. The minimum Gasteiger partial charge on any atom is -0.387 e. The highest BCUT2D eigenvalue weighted by atomic mass is 32.2. The molecule has 0 aliphatic heterocycles. The number of hydrogen-bond donors (Lipinski definition) is 3. The fourth-order valence-corrected chi connectivity index (χ4v) is 1.44. The Bertz CT molecular complexity index is 435. The van der Waals surface area contributed by atoms with Crippen LogP contribution in [-0.4, -0.2) is 20.1 Å². The highest BCUT2D eigenvalue weighted by molar-refractivity contribution is 7.87. The summed E-state index contributed by atoms with van der Waals surface area (Å²) in [6.07, 6.45) is -1.26. The van der Waals surface area contributed by atoms with Gasteiger partial charge in [-0.15, -0.1) is 0 Å². The first-order chi connectivity index (χ1) is 6.90. The lowest BCUT2D eigenvalue weighted by Gasteiger charge is -2.11. The number of hydrogen-bond acceptors (Lipinski definition) is 3. The number of nitrogens with two attached hydrogens (primary N) is 1. The Hall–Kier alpha value is -1.02. The van der Waals surface area contributed by atoms with Crippen LogP contribution >= 0.6 is 0 Å². The van der Waals surface area contributed by atoms with E-state index in [-0.39, 0.29) is 12.1 Å². The molecule has 84 valence electrons. The molecule has 0 bridgehead atoms. The third-order valence-corrected chi connectivity index (χ3v) is 2.31. The van der Waals surface area contributed by atoms with Gasteiger partial charge in [-0.25, -0.2) is 9.53 Å². The zero-order valence-corrected chi connectivity index (χ0v) is 8.54. The molecular weight excluding hydrogens is 223 g/mol. The molecule has 1 atom stereocenters. The summed E-state index contributed by atoms with van der Waals surface area (Å²) in [5.41, 5.74) is 0.0219. The Morgan fingerprint density at radius 2 is 2.07 bits per heavy atom. The molecule has 0 unspecified atom stereocenters. The normalized spacial score (nSPS) is 13.8. The highest BCUT2D eigenvalue weighted by Gasteiger charge is 2.13. The summed E-state index contributed by atoms with van der Waals surface area (Å²) in [5.74, 6) is -0.596. The molecule has 7 heteroatoms. The van der Waals surface area contributed by atoms with Crippen LogP contribution in [-0.2, 0) is 10.2 Å². The summed E-state index contributed by atoms with van der Waals surface area (Å²) >= 11 is 0. The Balaban J connectivity index is 2.70. The van der Waals surface area contributed by atoms with E-state index in [1.54, 1.807) is 6.07 Å². The molecule has 0 radical (unpaired) electrons. The molecule has 15 heavy (non-hydrogen) atoms. The predicted octanol–water partition coefficient (Wildman–Crippen LogP) is -0.348. The standard InChI is InChI=1S/C8H11FN2O3S/c9-7-4-2-1-3-6(7)8(12)5-11-15(10,13)14/h1-4,8,11-12H,5H2,(H2,10,13,14)/t8-/m0/s1. The SMILES string of the molecule is NS(=O)(=O)NC[C@H](O)c1ccccc1F. The lowest BCUT2D eigenvalue weighted by atomic mass is 10.1. The van der Waals surface area contributed by atoms with Crippen molar-refractivity contribution in [2.45, 2.75) is 6.10 Å². The Kier molecular flexibility index (Phi) is 3.75. The number of rotatable bonds is 4. The fourth-order valence-electron chi connectivity index (χ4n) is 1.05. The molecule has 0 heterocycles. The van der Waals surface area contributed by atoms with Gasteiger partial charge in [0, 0.05) is 12.1 Å². The van der Waals surface area contributed by atoms with Crippen LogP contribution in [0, 0.1) is 5.82 Å². The molecule has 0 aliphatic rings. The lowest BCUT2D eigenvalue weighted by Crippen LogP contribution is -2.34. The Morgan fingerprint density at radius 3 is 2.60 bits per heavy atom. The third kappa shape index (κ3) is 3.92. The smallest absolute Gasteiger partial charge is 0.274 e. The van der Waals surface area contributed by atoms with Gasteiger partial charge in [-0.05, 0) is 6.07 Å². The van der Waals surface area contributed by atoms with E-state index < -0.39 is 22.1 Å². The van der Waals surface area contributed by atoms with Crippen LogP contribution in [0.5, 0.6) is 0 Å². The van der Waals surface area contributed by atoms with E-state index in [0.29, 0.717) is 0 Å². The first kappa shape index (κ1) is 12.1. The lowest BCUT2D eigenvalue weighted by molar-refractivity contribution is 0.177. The topological polar surface area (TPSA) is 92.4 Å². The monoisotopic (exact) mass is 234 g/mol. The van der Waals surface area contributed by atoms with Crippen molar-refractivity contribution >= 4 is 10.2 Å². The maximum absolute atomic E-state index is 13.1. The van der Waals surface area contributed by atoms with Gasteiger partial charge in [-0.2, -0.15) is 13.1 Å². The number of nitrogens with one attached hydrogen (secondary N) is 1. The zero-order chi connectivity index (χ0) is 11.5. The summed E-state index contributed by atoms with van der Waals surface area (Å²) in [4.78, 5) is 0. The molecule has 0 saturated heterocycles. The molecule has 0 fully saturated rings. The van der Waals surface area contributed by atoms with Crippen LogP contribution < -0.4 is 9.86 Å². The number of halogens is 1. The van der Waals surface area contributed by atoms with Gasteiger partial charge in [0.15, 0.2) is 0 Å². The summed E-state index contributed by atoms with van der Waals surface area (Å²) in [6.45, 7) is -0.361. The average molecular weight is 234 g/mol. The van der Waals surface area contributed by atoms with Crippen molar-refractivity contribution < 1.29 is 17.9 Å². The van der Waals surface area contributed by atoms with Gasteiger partial charge in [-0.3, -0.25) is 0 Å². The van der Waals surface area contributed by atoms with Crippen molar-refractivity contribution in [3.63, 3.8) is 0 Å². The molecule has 1 aromatic carbocycles. The van der Waals surface area contributed by atoms with Crippen LogP contribution in [0.4, 0.5) is 4.39 Å². The van der Waals surface area contributed by atoms with Crippen LogP contribution in [0.1, 0.15) is 11.7 Å². The summed E-state index contributed by atoms with van der Waals surface area (Å²) in [6, 6.07) is 5.55. The summed E-state index contributed by atoms with van der Waals surface area (Å²) in [5, 5.41) is 14.1.